The fourth-order valence-corrected chi connectivity index (χ4v) is 8.51. The Morgan fingerprint density at radius 2 is 0.985 bits per heavy atom. The second kappa shape index (κ2) is 23.8. The Balaban J connectivity index is 1.42. The van der Waals surface area contributed by atoms with E-state index in [0.29, 0.717) is 0 Å². The number of aliphatic hydroxyl groups is 12. The van der Waals surface area contributed by atoms with Gasteiger partial charge in [-0.2, -0.15) is 8.42 Å². The van der Waals surface area contributed by atoms with E-state index in [4.69, 9.17) is 42.6 Å². The van der Waals surface area contributed by atoms with Crippen molar-refractivity contribution in [3.05, 3.63) is 0 Å². The van der Waals surface area contributed by atoms with E-state index in [-0.39, 0.29) is 0 Å². The van der Waals surface area contributed by atoms with E-state index in [2.05, 4.69) is 20.1 Å². The molecular weight excluding hydrogens is 954 g/mol. The number of nitrogens with one attached hydrogen (secondary N) is 3. The van der Waals surface area contributed by atoms with Gasteiger partial charge in [-0.1, -0.05) is 0 Å². The summed E-state index contributed by atoms with van der Waals surface area (Å²) >= 11 is 0. The summed E-state index contributed by atoms with van der Waals surface area (Å²) in [5.74, 6) is -2.39. The van der Waals surface area contributed by atoms with Crippen LogP contribution in [0.5, 0.6) is 0 Å². The van der Waals surface area contributed by atoms with Crippen molar-refractivity contribution in [2.75, 3.05) is 26.4 Å². The summed E-state index contributed by atoms with van der Waals surface area (Å²) in [6, 6.07) is -4.99. The maximum absolute atomic E-state index is 12.6. The Kier molecular flexibility index (Phi) is 19.7. The molecule has 394 valence electrons. The SMILES string of the molecule is CC(=O)N[C@H]1C(O[C@H]2[C@@H](O)[C@@H](COC3O[C@H](COS(=O)(=O)O)[C@@H](OC4O[C@H](CO)[C@H](O)[C@H](O)[C@H]4OC4O[C@@H](C)[C@@H](O)[C@@H](O)[C@@H]4O)[C@H](O)[C@H]3NC(C)=O)OC(O)[C@@H]2NC(C)=O)O[C@H](CO)[C@@H](O)[C@@H]1O. The third-order valence-corrected chi connectivity index (χ3v) is 12.1. The maximum atomic E-state index is 12.6. The molecule has 31 nitrogen and oxygen atoms in total. The van der Waals surface area contributed by atoms with Gasteiger partial charge in [0, 0.05) is 20.8 Å². The van der Waals surface area contributed by atoms with Gasteiger partial charge in [-0.05, 0) is 6.92 Å². The third-order valence-electron chi connectivity index (χ3n) is 11.7. The molecule has 5 aliphatic heterocycles. The molecule has 5 rings (SSSR count). The van der Waals surface area contributed by atoms with Crippen molar-refractivity contribution >= 4 is 28.1 Å². The number of hydrogen-bond acceptors (Lipinski definition) is 27. The van der Waals surface area contributed by atoms with Crippen LogP contribution >= 0.6 is 0 Å². The molecule has 16 N–H and O–H groups in total. The highest BCUT2D eigenvalue weighted by Crippen LogP contribution is 2.35. The first kappa shape index (κ1) is 56.4. The number of carbonyl (C=O) groups is 3. The van der Waals surface area contributed by atoms with Crippen molar-refractivity contribution < 1.29 is 135 Å². The van der Waals surface area contributed by atoms with Gasteiger partial charge in [-0.25, -0.2) is 4.18 Å². The molecule has 0 radical (unpaired) electrons. The molecule has 5 fully saturated rings. The average Bonchev–Trinajstić information content (AvgIpc) is 3.26. The molecule has 5 heterocycles. The highest BCUT2D eigenvalue weighted by molar-refractivity contribution is 7.80. The second-order valence-electron chi connectivity index (χ2n) is 16.7. The Bertz CT molecular complexity index is 1790. The van der Waals surface area contributed by atoms with Crippen LogP contribution in [0.4, 0.5) is 0 Å². The number of carbonyl (C=O) groups excluding carboxylic acids is 3. The number of amides is 3. The van der Waals surface area contributed by atoms with Crippen molar-refractivity contribution in [2.45, 2.75) is 181 Å². The zero-order valence-corrected chi connectivity index (χ0v) is 37.4. The molecule has 68 heavy (non-hydrogen) atoms. The Morgan fingerprint density at radius 1 is 0.485 bits per heavy atom. The van der Waals surface area contributed by atoms with Crippen molar-refractivity contribution in [3.8, 4) is 0 Å². The lowest BCUT2D eigenvalue weighted by atomic mass is 9.94. The van der Waals surface area contributed by atoms with Crippen LogP contribution in [0.3, 0.4) is 0 Å². The van der Waals surface area contributed by atoms with E-state index in [1.807, 2.05) is 0 Å². The summed E-state index contributed by atoms with van der Waals surface area (Å²) in [6.07, 6.45) is -40.7. The average molecular weight is 1020 g/mol. The lowest BCUT2D eigenvalue weighted by Gasteiger charge is -2.49. The van der Waals surface area contributed by atoms with Gasteiger partial charge in [0.15, 0.2) is 31.5 Å². The van der Waals surface area contributed by atoms with E-state index in [1.54, 1.807) is 0 Å². The highest BCUT2D eigenvalue weighted by Gasteiger charge is 2.56. The molecule has 0 aliphatic carbocycles. The van der Waals surface area contributed by atoms with Crippen LogP contribution in [0.2, 0.25) is 0 Å². The summed E-state index contributed by atoms with van der Waals surface area (Å²) in [4.78, 5) is 36.9. The van der Waals surface area contributed by atoms with Crippen LogP contribution in [0.15, 0.2) is 0 Å². The molecule has 3 amide bonds. The van der Waals surface area contributed by atoms with E-state index in [9.17, 15) is 88.6 Å². The fourth-order valence-electron chi connectivity index (χ4n) is 8.21. The molecule has 0 aromatic rings. The minimum Gasteiger partial charge on any atom is -0.394 e. The van der Waals surface area contributed by atoms with Crippen LogP contribution in [0.25, 0.3) is 0 Å². The fraction of sp³-hybridized carbons (Fsp3) is 0.917. The smallest absolute Gasteiger partial charge is 0.394 e. The molecule has 0 bridgehead atoms. The molecule has 0 spiro atoms. The monoisotopic (exact) mass is 1020 g/mol. The summed E-state index contributed by atoms with van der Waals surface area (Å²) in [5, 5.41) is 136. The largest absolute Gasteiger partial charge is 0.397 e. The molecule has 0 saturated carbocycles. The number of hydrogen-bond donors (Lipinski definition) is 16. The lowest BCUT2D eigenvalue weighted by molar-refractivity contribution is -0.383. The number of rotatable bonds is 17. The minimum absolute atomic E-state index is 0.745. The number of ether oxygens (including phenoxy) is 9. The zero-order valence-electron chi connectivity index (χ0n) is 36.6. The van der Waals surface area contributed by atoms with Crippen LogP contribution in [0.1, 0.15) is 27.7 Å². The second-order valence-corrected chi connectivity index (χ2v) is 17.8. The standard InChI is InChI=1S/C36H61N3O28S/c1-9-20(45)26(51)28(53)35(60-9)67-31-27(52)22(47)14(6-41)63-36(31)65-29-16(8-59-68(55,56)57)64-33(18(25(29)50)38-11(3)43)58-7-15-23(48)30(19(32(54)61-15)39-12(4)44)66-34-17(37-10(2)42)24(49)21(46)13(5-40)62-34/h9,13-36,40-41,45-54H,5-8H2,1-4H3,(H,37,42)(H,38,43)(H,39,44)(H,55,56,57)/t9-,13+,14+,15+,16+,17+,18+,19+,20+,21+,22-,23-,24+,25+,26+,27-,28-,29+,30+,31+,32?,33?,34?,35?,36?/m0/s1. The van der Waals surface area contributed by atoms with Crippen molar-refractivity contribution in [1.29, 1.82) is 0 Å². The van der Waals surface area contributed by atoms with Gasteiger partial charge in [0.05, 0.1) is 32.5 Å². The summed E-state index contributed by atoms with van der Waals surface area (Å²) < 4.78 is 89.2. The van der Waals surface area contributed by atoms with E-state index in [1.165, 1.54) is 6.92 Å². The molecular formula is C36H61N3O28S. The molecule has 5 aliphatic rings. The Labute approximate surface area is 386 Å². The predicted molar refractivity (Wildman–Crippen MR) is 210 cm³/mol. The van der Waals surface area contributed by atoms with Crippen LogP contribution in [0, 0.1) is 0 Å². The lowest BCUT2D eigenvalue weighted by Crippen LogP contribution is -2.70. The van der Waals surface area contributed by atoms with Crippen molar-refractivity contribution in [1.82, 2.24) is 16.0 Å². The van der Waals surface area contributed by atoms with Gasteiger partial charge in [0.25, 0.3) is 0 Å². The third kappa shape index (κ3) is 13.3. The van der Waals surface area contributed by atoms with Gasteiger partial charge < -0.3 is 120 Å². The van der Waals surface area contributed by atoms with Gasteiger partial charge in [0.2, 0.25) is 17.7 Å². The first-order chi connectivity index (χ1) is 31.8. The van der Waals surface area contributed by atoms with E-state index in [0.717, 1.165) is 20.8 Å². The van der Waals surface area contributed by atoms with Gasteiger partial charge >= 0.3 is 10.4 Å². The maximum Gasteiger partial charge on any atom is 0.397 e. The van der Waals surface area contributed by atoms with Crippen molar-refractivity contribution in [2.24, 2.45) is 0 Å². The zero-order chi connectivity index (χ0) is 50.7. The Morgan fingerprint density at radius 3 is 1.54 bits per heavy atom. The van der Waals surface area contributed by atoms with E-state index >= 15 is 0 Å². The normalized spacial score (nSPS) is 45.8. The van der Waals surface area contributed by atoms with Crippen molar-refractivity contribution in [3.63, 3.8) is 0 Å². The molecule has 0 aromatic heterocycles. The molecule has 0 aromatic carbocycles. The first-order valence-corrected chi connectivity index (χ1v) is 22.5. The summed E-state index contributed by atoms with van der Waals surface area (Å²) in [6.45, 7) is 0.404. The molecule has 5 unspecified atom stereocenters. The van der Waals surface area contributed by atoms with Crippen LogP contribution in [-0.4, -0.2) is 272 Å². The van der Waals surface area contributed by atoms with Crippen LogP contribution < -0.4 is 16.0 Å². The predicted octanol–water partition coefficient (Wildman–Crippen LogP) is -10.6. The van der Waals surface area contributed by atoms with Gasteiger partial charge in [-0.15, -0.1) is 0 Å². The summed E-state index contributed by atoms with van der Waals surface area (Å²) in [7, 11) is -5.30. The van der Waals surface area contributed by atoms with Gasteiger partial charge in [-0.3, -0.25) is 18.9 Å². The quantitative estimate of drug-likeness (QED) is 0.0602. The molecule has 32 heteroatoms. The summed E-state index contributed by atoms with van der Waals surface area (Å²) in [5.41, 5.74) is 0. The van der Waals surface area contributed by atoms with Crippen LogP contribution in [-0.2, 0) is 71.6 Å². The first-order valence-electron chi connectivity index (χ1n) is 21.1. The topological polar surface area (TPSA) is 477 Å². The Hall–Kier alpha value is -2.56. The minimum atomic E-state index is -5.30. The van der Waals surface area contributed by atoms with E-state index < -0.39 is 208 Å². The molecule has 25 atom stereocenters. The molecule has 5 saturated heterocycles. The van der Waals surface area contributed by atoms with Gasteiger partial charge in [0.1, 0.15) is 116 Å². The highest BCUT2D eigenvalue weighted by atomic mass is 32.3. The number of aliphatic hydroxyl groups excluding tert-OH is 12.